The van der Waals surface area contributed by atoms with E-state index in [-0.39, 0.29) is 23.0 Å². The van der Waals surface area contributed by atoms with Crippen molar-refractivity contribution in [1.82, 2.24) is 0 Å². The molecule has 0 aliphatic rings. The first-order valence-corrected chi connectivity index (χ1v) is 7.19. The van der Waals surface area contributed by atoms with Crippen LogP contribution in [0.5, 0.6) is 0 Å². The predicted molar refractivity (Wildman–Crippen MR) is 78.3 cm³/mol. The number of hydrogen-bond donors (Lipinski definition) is 0. The molecule has 0 N–H and O–H groups in total. The molecule has 0 spiro atoms. The van der Waals surface area contributed by atoms with E-state index in [0.29, 0.717) is 11.8 Å². The minimum absolute atomic E-state index is 0.111. The average Bonchev–Trinajstić information content (AvgIpc) is 2.20. The minimum atomic E-state index is 0.111. The van der Waals surface area contributed by atoms with Crippen LogP contribution in [0.1, 0.15) is 69.2 Å². The second-order valence-corrected chi connectivity index (χ2v) is 7.91. The molecule has 4 atom stereocenters. The van der Waals surface area contributed by atoms with Crippen LogP contribution in [0.2, 0.25) is 0 Å². The van der Waals surface area contributed by atoms with Crippen molar-refractivity contribution in [2.45, 2.75) is 81.4 Å². The summed E-state index contributed by atoms with van der Waals surface area (Å²) in [6, 6.07) is 0. The maximum Gasteiger partial charge on any atom is 0.0932 e. The van der Waals surface area contributed by atoms with Gasteiger partial charge in [0.25, 0.3) is 0 Å². The SMILES string of the molecule is CC(OOC(C)C(C)C(C)(C)C)C(C)C(C)(C)C. The first-order chi connectivity index (χ1) is 7.87. The topological polar surface area (TPSA) is 18.5 Å². The van der Waals surface area contributed by atoms with Crippen LogP contribution in [-0.2, 0) is 9.78 Å². The molecule has 0 aromatic carbocycles. The molecule has 0 heterocycles. The smallest absolute Gasteiger partial charge is 0.0932 e. The highest BCUT2D eigenvalue weighted by molar-refractivity contribution is 4.76. The third-order valence-electron chi connectivity index (χ3n) is 4.50. The molecule has 0 rings (SSSR count). The van der Waals surface area contributed by atoms with E-state index in [2.05, 4.69) is 69.2 Å². The zero-order valence-corrected chi connectivity index (χ0v) is 14.1. The van der Waals surface area contributed by atoms with E-state index >= 15 is 0 Å². The van der Waals surface area contributed by atoms with Crippen LogP contribution < -0.4 is 0 Å². The van der Waals surface area contributed by atoms with Gasteiger partial charge in [-0.2, -0.15) is 0 Å². The lowest BCUT2D eigenvalue weighted by atomic mass is 9.79. The monoisotopic (exact) mass is 258 g/mol. The van der Waals surface area contributed by atoms with Gasteiger partial charge >= 0.3 is 0 Å². The molecule has 0 saturated carbocycles. The number of hydrogen-bond acceptors (Lipinski definition) is 2. The zero-order valence-electron chi connectivity index (χ0n) is 14.1. The van der Waals surface area contributed by atoms with E-state index in [1.807, 2.05) is 0 Å². The summed E-state index contributed by atoms with van der Waals surface area (Å²) < 4.78 is 0. The summed E-state index contributed by atoms with van der Waals surface area (Å²) in [5.41, 5.74) is 0.476. The molecule has 18 heavy (non-hydrogen) atoms. The third-order valence-corrected chi connectivity index (χ3v) is 4.50. The van der Waals surface area contributed by atoms with Gasteiger partial charge < -0.3 is 0 Å². The average molecular weight is 258 g/mol. The Morgan fingerprint density at radius 2 is 0.778 bits per heavy atom. The second-order valence-electron chi connectivity index (χ2n) is 7.91. The lowest BCUT2D eigenvalue weighted by molar-refractivity contribution is -0.365. The fourth-order valence-corrected chi connectivity index (χ4v) is 1.75. The lowest BCUT2D eigenvalue weighted by Gasteiger charge is -2.35. The summed E-state index contributed by atoms with van der Waals surface area (Å²) >= 11 is 0. The fraction of sp³-hybridized carbons (Fsp3) is 1.00. The molecule has 110 valence electrons. The minimum Gasteiger partial charge on any atom is -0.233 e. The summed E-state index contributed by atoms with van der Waals surface area (Å²) in [5, 5.41) is 0. The largest absolute Gasteiger partial charge is 0.233 e. The molecule has 0 amide bonds. The van der Waals surface area contributed by atoms with Gasteiger partial charge in [-0.3, -0.25) is 0 Å². The highest BCUT2D eigenvalue weighted by Crippen LogP contribution is 2.32. The molecule has 4 unspecified atom stereocenters. The molecule has 2 heteroatoms. The Balaban J connectivity index is 4.26. The molecule has 0 aliphatic heterocycles. The van der Waals surface area contributed by atoms with E-state index in [1.165, 1.54) is 0 Å². The van der Waals surface area contributed by atoms with E-state index < -0.39 is 0 Å². The van der Waals surface area contributed by atoms with Crippen LogP contribution in [0.25, 0.3) is 0 Å². The van der Waals surface area contributed by atoms with Gasteiger partial charge in [-0.25, -0.2) is 9.78 Å². The van der Waals surface area contributed by atoms with Gasteiger partial charge in [-0.1, -0.05) is 55.4 Å². The van der Waals surface area contributed by atoms with Gasteiger partial charge in [0.15, 0.2) is 0 Å². The highest BCUT2D eigenvalue weighted by atomic mass is 17.2. The maximum absolute atomic E-state index is 5.61. The van der Waals surface area contributed by atoms with Gasteiger partial charge in [0, 0.05) is 0 Å². The molecule has 0 saturated heterocycles. The third kappa shape index (κ3) is 5.71. The van der Waals surface area contributed by atoms with E-state index in [0.717, 1.165) is 0 Å². The van der Waals surface area contributed by atoms with Crippen molar-refractivity contribution in [1.29, 1.82) is 0 Å². The molecule has 0 radical (unpaired) electrons. The van der Waals surface area contributed by atoms with Crippen LogP contribution in [0.3, 0.4) is 0 Å². The molecule has 2 nitrogen and oxygen atoms in total. The summed E-state index contributed by atoms with van der Waals surface area (Å²) in [6.07, 6.45) is 0.222. The molecule has 0 aromatic heterocycles. The van der Waals surface area contributed by atoms with Gasteiger partial charge in [0.2, 0.25) is 0 Å². The van der Waals surface area contributed by atoms with Crippen LogP contribution in [0, 0.1) is 22.7 Å². The highest BCUT2D eigenvalue weighted by Gasteiger charge is 2.30. The molecular weight excluding hydrogens is 224 g/mol. The van der Waals surface area contributed by atoms with E-state index in [1.54, 1.807) is 0 Å². The predicted octanol–water partition coefficient (Wildman–Crippen LogP) is 5.08. The summed E-state index contributed by atoms with van der Waals surface area (Å²) in [7, 11) is 0. The molecule has 0 bridgehead atoms. The van der Waals surface area contributed by atoms with Crippen LogP contribution in [0.15, 0.2) is 0 Å². The quantitative estimate of drug-likeness (QED) is 0.506. The second kappa shape index (κ2) is 6.38. The normalized spacial score (nSPS) is 20.3. The van der Waals surface area contributed by atoms with Crippen molar-refractivity contribution >= 4 is 0 Å². The van der Waals surface area contributed by atoms with Crippen molar-refractivity contribution in [3.63, 3.8) is 0 Å². The number of rotatable bonds is 5. The Labute approximate surface area is 114 Å². The van der Waals surface area contributed by atoms with E-state index in [4.69, 9.17) is 9.78 Å². The van der Waals surface area contributed by atoms with E-state index in [9.17, 15) is 0 Å². The molecule has 0 fully saturated rings. The van der Waals surface area contributed by atoms with Gasteiger partial charge in [0.05, 0.1) is 12.2 Å². The van der Waals surface area contributed by atoms with Gasteiger partial charge in [-0.15, -0.1) is 0 Å². The standard InChI is InChI=1S/C16H34O2/c1-11(15(5,6)7)13(3)17-18-14(4)12(2)16(8,9)10/h11-14H,1-10H3. The molecule has 0 aromatic rings. The van der Waals surface area contributed by atoms with Crippen LogP contribution >= 0.6 is 0 Å². The lowest BCUT2D eigenvalue weighted by Crippen LogP contribution is -2.34. The Morgan fingerprint density at radius 3 is 0.944 bits per heavy atom. The van der Waals surface area contributed by atoms with Crippen molar-refractivity contribution in [3.8, 4) is 0 Å². The Hall–Kier alpha value is -0.0800. The summed E-state index contributed by atoms with van der Waals surface area (Å²) in [5.74, 6) is 0.907. The van der Waals surface area contributed by atoms with Crippen molar-refractivity contribution in [2.75, 3.05) is 0 Å². The fourth-order valence-electron chi connectivity index (χ4n) is 1.75. The van der Waals surface area contributed by atoms with Crippen molar-refractivity contribution in [3.05, 3.63) is 0 Å². The van der Waals surface area contributed by atoms with Crippen LogP contribution in [-0.4, -0.2) is 12.2 Å². The Kier molecular flexibility index (Phi) is 6.35. The maximum atomic E-state index is 5.61. The first kappa shape index (κ1) is 17.9. The summed E-state index contributed by atoms with van der Waals surface area (Å²) in [6.45, 7) is 22.0. The zero-order chi connectivity index (χ0) is 14.7. The molecular formula is C16H34O2. The summed E-state index contributed by atoms with van der Waals surface area (Å²) in [4.78, 5) is 11.2. The van der Waals surface area contributed by atoms with Crippen molar-refractivity contribution in [2.24, 2.45) is 22.7 Å². The Morgan fingerprint density at radius 1 is 0.556 bits per heavy atom. The Bertz CT molecular complexity index is 208. The van der Waals surface area contributed by atoms with Crippen molar-refractivity contribution < 1.29 is 9.78 Å². The van der Waals surface area contributed by atoms with Crippen LogP contribution in [0.4, 0.5) is 0 Å². The van der Waals surface area contributed by atoms with Gasteiger partial charge in [0.1, 0.15) is 0 Å². The first-order valence-electron chi connectivity index (χ1n) is 7.19. The van der Waals surface area contributed by atoms with Gasteiger partial charge in [-0.05, 0) is 36.5 Å². The molecule has 0 aliphatic carbocycles.